The monoisotopic (exact) mass is 450 g/mol. The minimum absolute atomic E-state index is 0.172. The van der Waals surface area contributed by atoms with Crippen LogP contribution in [0.2, 0.25) is 0 Å². The maximum atomic E-state index is 11.0. The molecule has 0 aliphatic carbocycles. The number of methoxy groups -OCH3 is 1. The molecule has 1 fully saturated rings. The molecule has 6 heteroatoms. The Morgan fingerprint density at radius 3 is 2.97 bits per heavy atom. The first-order chi connectivity index (χ1) is 15.7. The van der Waals surface area contributed by atoms with E-state index >= 15 is 0 Å². The van der Waals surface area contributed by atoms with Gasteiger partial charge in [-0.1, -0.05) is 17.9 Å². The lowest BCUT2D eigenvalue weighted by Gasteiger charge is -2.37. The molecule has 0 amide bonds. The van der Waals surface area contributed by atoms with Crippen molar-refractivity contribution in [2.24, 2.45) is 11.8 Å². The summed E-state index contributed by atoms with van der Waals surface area (Å²) in [5, 5.41) is 23.9. The molecule has 1 aliphatic rings. The number of hydrogen-bond donors (Lipinski definition) is 2. The second kappa shape index (κ2) is 10.9. The van der Waals surface area contributed by atoms with Crippen molar-refractivity contribution >= 4 is 22.2 Å². The first-order valence-corrected chi connectivity index (χ1v) is 12.0. The summed E-state index contributed by atoms with van der Waals surface area (Å²) in [6.45, 7) is 2.73. The van der Waals surface area contributed by atoms with Gasteiger partial charge in [-0.25, -0.2) is 0 Å². The van der Waals surface area contributed by atoms with E-state index in [1.54, 1.807) is 24.6 Å². The van der Waals surface area contributed by atoms with Gasteiger partial charge in [-0.05, 0) is 78.9 Å². The predicted molar refractivity (Wildman–Crippen MR) is 129 cm³/mol. The molecule has 2 aromatic heterocycles. The van der Waals surface area contributed by atoms with Gasteiger partial charge in [0.1, 0.15) is 5.75 Å². The highest BCUT2D eigenvalue weighted by molar-refractivity contribution is 7.10. The number of aliphatic hydroxyl groups is 2. The van der Waals surface area contributed by atoms with Crippen LogP contribution in [0.1, 0.15) is 35.8 Å². The van der Waals surface area contributed by atoms with E-state index in [1.807, 2.05) is 41.8 Å². The number of thiophene rings is 1. The number of fused-ring (bicyclic) bond motifs is 1. The highest BCUT2D eigenvalue weighted by atomic mass is 32.1. The topological polar surface area (TPSA) is 65.8 Å². The second-order valence-electron chi connectivity index (χ2n) is 8.38. The van der Waals surface area contributed by atoms with E-state index in [-0.39, 0.29) is 12.5 Å². The van der Waals surface area contributed by atoms with Gasteiger partial charge in [0.15, 0.2) is 0 Å². The number of piperidine rings is 1. The summed E-state index contributed by atoms with van der Waals surface area (Å²) in [6.07, 6.45) is 3.75. The second-order valence-corrected chi connectivity index (χ2v) is 9.33. The molecular weight excluding hydrogens is 420 g/mol. The van der Waals surface area contributed by atoms with Crippen LogP contribution >= 0.6 is 11.3 Å². The van der Waals surface area contributed by atoms with Gasteiger partial charge in [0, 0.05) is 24.7 Å². The lowest BCUT2D eigenvalue weighted by molar-refractivity contribution is 0.0640. The molecule has 2 N–H and O–H groups in total. The Hall–Kier alpha value is -2.43. The van der Waals surface area contributed by atoms with Crippen LogP contribution in [-0.4, -0.2) is 53.4 Å². The first kappa shape index (κ1) is 22.8. The van der Waals surface area contributed by atoms with Crippen LogP contribution in [0.4, 0.5) is 0 Å². The largest absolute Gasteiger partial charge is 0.497 e. The Labute approximate surface area is 193 Å². The third-order valence-electron chi connectivity index (χ3n) is 6.40. The molecular formula is C26H30N2O3S. The number of aliphatic hydroxyl groups excluding tert-OH is 2. The third kappa shape index (κ3) is 5.48. The van der Waals surface area contributed by atoms with Gasteiger partial charge in [0.05, 0.1) is 30.2 Å². The summed E-state index contributed by atoms with van der Waals surface area (Å²) in [4.78, 5) is 7.83. The van der Waals surface area contributed by atoms with Crippen LogP contribution in [-0.2, 0) is 0 Å². The summed E-state index contributed by atoms with van der Waals surface area (Å²) in [6, 6.07) is 11.7. The average molecular weight is 451 g/mol. The van der Waals surface area contributed by atoms with E-state index in [0.29, 0.717) is 12.3 Å². The smallest absolute Gasteiger partial charge is 0.119 e. The summed E-state index contributed by atoms with van der Waals surface area (Å²) in [7, 11) is 1.64. The van der Waals surface area contributed by atoms with Gasteiger partial charge in [0.2, 0.25) is 0 Å². The van der Waals surface area contributed by atoms with Crippen molar-refractivity contribution in [3.05, 3.63) is 58.4 Å². The molecule has 0 spiro atoms. The summed E-state index contributed by atoms with van der Waals surface area (Å²) < 4.78 is 5.35. The van der Waals surface area contributed by atoms with E-state index in [4.69, 9.17) is 4.74 Å². The van der Waals surface area contributed by atoms with Gasteiger partial charge < -0.3 is 14.9 Å². The molecule has 1 saturated heterocycles. The highest BCUT2D eigenvalue weighted by Crippen LogP contribution is 2.33. The maximum absolute atomic E-state index is 11.0. The zero-order valence-electron chi connectivity index (χ0n) is 18.4. The molecule has 168 valence electrons. The minimum Gasteiger partial charge on any atom is -0.497 e. The maximum Gasteiger partial charge on any atom is 0.119 e. The highest BCUT2D eigenvalue weighted by Gasteiger charge is 2.29. The van der Waals surface area contributed by atoms with E-state index in [1.165, 1.54) is 0 Å². The molecule has 0 bridgehead atoms. The molecule has 3 aromatic rings. The molecule has 5 nitrogen and oxygen atoms in total. The van der Waals surface area contributed by atoms with E-state index < -0.39 is 6.10 Å². The number of rotatable bonds is 7. The van der Waals surface area contributed by atoms with Crippen molar-refractivity contribution in [3.8, 4) is 17.6 Å². The molecule has 1 aliphatic heterocycles. The lowest BCUT2D eigenvalue weighted by atomic mass is 9.81. The zero-order valence-corrected chi connectivity index (χ0v) is 19.2. The van der Waals surface area contributed by atoms with Crippen LogP contribution in [0.15, 0.2) is 48.0 Å². The quantitative estimate of drug-likeness (QED) is 0.531. The minimum atomic E-state index is -0.568. The Kier molecular flexibility index (Phi) is 7.77. The van der Waals surface area contributed by atoms with E-state index in [0.717, 1.165) is 59.6 Å². The summed E-state index contributed by atoms with van der Waals surface area (Å²) >= 11 is 1.66. The number of pyridine rings is 1. The predicted octanol–water partition coefficient (Wildman–Crippen LogP) is 4.10. The summed E-state index contributed by atoms with van der Waals surface area (Å²) in [5.41, 5.74) is 1.74. The number of likely N-dealkylation sites (tertiary alicyclic amines) is 1. The van der Waals surface area contributed by atoms with E-state index in [9.17, 15) is 10.2 Å². The van der Waals surface area contributed by atoms with Crippen molar-refractivity contribution in [1.29, 1.82) is 0 Å². The van der Waals surface area contributed by atoms with Crippen LogP contribution in [0, 0.1) is 23.7 Å². The van der Waals surface area contributed by atoms with Crippen molar-refractivity contribution in [2.75, 3.05) is 33.4 Å². The molecule has 32 heavy (non-hydrogen) atoms. The number of aromatic nitrogens is 1. The number of ether oxygens (including phenoxy) is 1. The van der Waals surface area contributed by atoms with Gasteiger partial charge >= 0.3 is 0 Å². The number of benzene rings is 1. The van der Waals surface area contributed by atoms with Crippen LogP contribution in [0.25, 0.3) is 10.9 Å². The zero-order chi connectivity index (χ0) is 22.3. The van der Waals surface area contributed by atoms with Gasteiger partial charge in [-0.2, -0.15) is 0 Å². The Bertz CT molecular complexity index is 1070. The first-order valence-electron chi connectivity index (χ1n) is 11.1. The fourth-order valence-electron chi connectivity index (χ4n) is 4.57. The molecule has 3 heterocycles. The Balaban J connectivity index is 1.35. The Morgan fingerprint density at radius 2 is 2.19 bits per heavy atom. The van der Waals surface area contributed by atoms with Crippen molar-refractivity contribution in [1.82, 2.24) is 9.88 Å². The molecule has 0 radical (unpaired) electrons. The number of hydrogen-bond acceptors (Lipinski definition) is 6. The van der Waals surface area contributed by atoms with Crippen molar-refractivity contribution in [2.45, 2.75) is 25.4 Å². The normalized spacial score (nSPS) is 20.0. The molecule has 3 atom stereocenters. The van der Waals surface area contributed by atoms with Crippen LogP contribution in [0.3, 0.4) is 0 Å². The van der Waals surface area contributed by atoms with Crippen molar-refractivity contribution < 1.29 is 14.9 Å². The SMILES string of the molecule is COc1ccc2nccc([C@@H](O)CC[C@@H]3CCN(CC#Cc4cccs4)C[C@@H]3CO)c2c1. The van der Waals surface area contributed by atoms with E-state index in [2.05, 4.69) is 21.7 Å². The van der Waals surface area contributed by atoms with Crippen LogP contribution in [0.5, 0.6) is 5.75 Å². The summed E-state index contributed by atoms with van der Waals surface area (Å²) in [5.74, 6) is 7.85. The van der Waals surface area contributed by atoms with Gasteiger partial charge in [-0.15, -0.1) is 11.3 Å². The van der Waals surface area contributed by atoms with Crippen molar-refractivity contribution in [3.63, 3.8) is 0 Å². The molecule has 1 aromatic carbocycles. The average Bonchev–Trinajstić information content (AvgIpc) is 3.35. The molecule has 4 rings (SSSR count). The standard InChI is InChI=1S/C26H30N2O3S/c1-31-21-7-8-25-24(16-21)23(10-12-27-25)26(30)9-6-19-11-14-28(17-20(19)18-29)13-2-4-22-5-3-15-32-22/h3,5,7-8,10,12,15-16,19-20,26,29-30H,6,9,11,13-14,17-18H2,1H3/t19-,20-,26+/m1/s1. The molecule has 0 saturated carbocycles. The van der Waals surface area contributed by atoms with Gasteiger partial charge in [0.25, 0.3) is 0 Å². The third-order valence-corrected chi connectivity index (χ3v) is 7.18. The fraction of sp³-hybridized carbons (Fsp3) is 0.423. The lowest BCUT2D eigenvalue weighted by Crippen LogP contribution is -2.42. The van der Waals surface area contributed by atoms with Crippen LogP contribution < -0.4 is 4.74 Å². The van der Waals surface area contributed by atoms with Gasteiger partial charge in [-0.3, -0.25) is 9.88 Å². The molecule has 0 unspecified atom stereocenters. The Morgan fingerprint density at radius 1 is 1.28 bits per heavy atom. The fourth-order valence-corrected chi connectivity index (χ4v) is 5.16. The number of nitrogens with zero attached hydrogens (tertiary/aromatic N) is 2.